The van der Waals surface area contributed by atoms with Gasteiger partial charge >= 0.3 is 5.97 Å². The third-order valence-corrected chi connectivity index (χ3v) is 6.41. The Labute approximate surface area is 233 Å². The lowest BCUT2D eigenvalue weighted by Gasteiger charge is -2.37. The number of allylic oxidation sites excluding steroid dienone is 2. The van der Waals surface area contributed by atoms with Crippen LogP contribution in [0.4, 0.5) is 0 Å². The lowest BCUT2D eigenvalue weighted by Crippen LogP contribution is -2.47. The van der Waals surface area contributed by atoms with Gasteiger partial charge in [-0.25, -0.2) is 4.79 Å². The van der Waals surface area contributed by atoms with Gasteiger partial charge in [-0.15, -0.1) is 0 Å². The summed E-state index contributed by atoms with van der Waals surface area (Å²) in [7, 11) is 1.38. The second-order valence-electron chi connectivity index (χ2n) is 10.8. The predicted molar refractivity (Wildman–Crippen MR) is 153 cm³/mol. The normalized spacial score (nSPS) is 17.2. The van der Waals surface area contributed by atoms with E-state index in [2.05, 4.69) is 13.0 Å². The number of carbonyl (C=O) groups excluding carboxylic acids is 1. The molecule has 0 saturated carbocycles. The lowest BCUT2D eigenvalue weighted by atomic mass is 10.0. The average Bonchev–Trinajstić information content (AvgIpc) is 2.93. The van der Waals surface area contributed by atoms with Gasteiger partial charge in [-0.05, 0) is 88.1 Å². The molecule has 0 radical (unpaired) electrons. The number of methoxy groups -OCH3 is 1. The Morgan fingerprint density at radius 3 is 2.41 bits per heavy atom. The van der Waals surface area contributed by atoms with E-state index in [0.717, 1.165) is 48.6 Å². The minimum absolute atomic E-state index is 0.109. The van der Waals surface area contributed by atoms with E-state index < -0.39 is 6.41 Å². The molecule has 1 N–H and O–H groups in total. The Kier molecular flexibility index (Phi) is 11.2. The highest BCUT2D eigenvalue weighted by atomic mass is 16.6. The minimum Gasteiger partial charge on any atom is -0.493 e. The molecular weight excluding hydrogens is 494 g/mol. The van der Waals surface area contributed by atoms with Gasteiger partial charge in [0.05, 0.1) is 24.9 Å². The molecule has 1 aliphatic rings. The number of ether oxygens (including phenoxy) is 4. The molecule has 1 fully saturated rings. The summed E-state index contributed by atoms with van der Waals surface area (Å²) in [6.07, 6.45) is 6.96. The number of nitrogens with zero attached hydrogens (tertiary/aromatic N) is 1. The Morgan fingerprint density at radius 2 is 1.79 bits per heavy atom. The SMILES string of the molecule is C/C=C(\C=C/C(C)COc1ccc(-c2cccc(C(=O)OC)c2)cc1)OC1CCN(C(O)OC(C)(C)C)CC1. The standard InChI is InChI=1S/C32H43NO6/c1-7-27(38-29-17-19-33(20-18-29)31(35)39-32(3,4)5)14-11-23(2)22-37-28-15-12-24(13-16-28)25-9-8-10-26(21-25)30(34)36-6/h7-16,21,23,29,31,35H,17-20,22H2,1-6H3/b14-11-,27-7+. The zero-order valence-corrected chi connectivity index (χ0v) is 24.1. The van der Waals surface area contributed by atoms with Crippen molar-refractivity contribution < 1.29 is 28.8 Å². The van der Waals surface area contributed by atoms with Crippen molar-refractivity contribution in [2.75, 3.05) is 26.8 Å². The lowest BCUT2D eigenvalue weighted by molar-refractivity contribution is -0.244. The molecule has 2 aromatic carbocycles. The zero-order chi connectivity index (χ0) is 28.4. The van der Waals surface area contributed by atoms with Gasteiger partial charge in [0.25, 0.3) is 0 Å². The number of esters is 1. The average molecular weight is 538 g/mol. The van der Waals surface area contributed by atoms with Crippen LogP contribution in [0.15, 0.2) is 72.5 Å². The fourth-order valence-corrected chi connectivity index (χ4v) is 4.23. The molecule has 0 bridgehead atoms. The van der Waals surface area contributed by atoms with Crippen LogP contribution in [-0.4, -0.2) is 60.9 Å². The topological polar surface area (TPSA) is 77.5 Å². The quantitative estimate of drug-likeness (QED) is 0.159. The summed E-state index contributed by atoms with van der Waals surface area (Å²) in [6.45, 7) is 11.9. The van der Waals surface area contributed by atoms with E-state index in [1.54, 1.807) is 6.07 Å². The highest BCUT2D eigenvalue weighted by Crippen LogP contribution is 2.25. The first-order valence-electron chi connectivity index (χ1n) is 13.6. The van der Waals surface area contributed by atoms with Crippen LogP contribution in [0.1, 0.15) is 57.8 Å². The van der Waals surface area contributed by atoms with Crippen LogP contribution in [0.5, 0.6) is 5.75 Å². The first-order chi connectivity index (χ1) is 18.6. The number of aliphatic hydroxyl groups excluding tert-OH is 1. The predicted octanol–water partition coefficient (Wildman–Crippen LogP) is 6.19. The van der Waals surface area contributed by atoms with E-state index >= 15 is 0 Å². The third kappa shape index (κ3) is 9.84. The molecule has 1 saturated heterocycles. The van der Waals surface area contributed by atoms with Crippen LogP contribution in [0.25, 0.3) is 11.1 Å². The van der Waals surface area contributed by atoms with Crippen molar-refractivity contribution in [3.8, 4) is 16.9 Å². The molecule has 1 heterocycles. The molecule has 212 valence electrons. The van der Waals surface area contributed by atoms with E-state index in [1.807, 2.05) is 87.2 Å². The molecule has 0 amide bonds. The third-order valence-electron chi connectivity index (χ3n) is 6.41. The van der Waals surface area contributed by atoms with Crippen molar-refractivity contribution in [2.24, 2.45) is 5.92 Å². The number of aliphatic hydroxyl groups is 1. The van der Waals surface area contributed by atoms with Crippen LogP contribution in [-0.2, 0) is 14.2 Å². The molecule has 0 aliphatic carbocycles. The largest absolute Gasteiger partial charge is 0.493 e. The fraction of sp³-hybridized carbons (Fsp3) is 0.469. The van der Waals surface area contributed by atoms with Gasteiger partial charge in [0.2, 0.25) is 6.41 Å². The molecule has 3 rings (SSSR count). The van der Waals surface area contributed by atoms with Crippen molar-refractivity contribution in [3.63, 3.8) is 0 Å². The van der Waals surface area contributed by atoms with Crippen LogP contribution in [0, 0.1) is 5.92 Å². The van der Waals surface area contributed by atoms with Crippen LogP contribution in [0.2, 0.25) is 0 Å². The van der Waals surface area contributed by atoms with Gasteiger partial charge in [0.1, 0.15) is 17.6 Å². The van der Waals surface area contributed by atoms with E-state index in [4.69, 9.17) is 18.9 Å². The Balaban J connectivity index is 1.44. The summed E-state index contributed by atoms with van der Waals surface area (Å²) in [6, 6.07) is 15.2. The van der Waals surface area contributed by atoms with Crippen molar-refractivity contribution in [1.29, 1.82) is 0 Å². The number of likely N-dealkylation sites (tertiary alicyclic amines) is 1. The van der Waals surface area contributed by atoms with Crippen molar-refractivity contribution in [2.45, 2.75) is 65.6 Å². The maximum atomic E-state index is 11.8. The molecule has 39 heavy (non-hydrogen) atoms. The number of piperidine rings is 1. The minimum atomic E-state index is -0.887. The number of rotatable bonds is 11. The molecule has 7 heteroatoms. The van der Waals surface area contributed by atoms with E-state index in [9.17, 15) is 9.90 Å². The molecule has 0 aromatic heterocycles. The van der Waals surface area contributed by atoms with Gasteiger partial charge in [-0.3, -0.25) is 4.90 Å². The van der Waals surface area contributed by atoms with E-state index in [0.29, 0.717) is 12.2 Å². The molecular formula is C32H43NO6. The Morgan fingerprint density at radius 1 is 1.10 bits per heavy atom. The molecule has 2 unspecified atom stereocenters. The smallest absolute Gasteiger partial charge is 0.337 e. The van der Waals surface area contributed by atoms with Crippen LogP contribution < -0.4 is 4.74 Å². The Bertz CT molecular complexity index is 1110. The molecule has 2 atom stereocenters. The van der Waals surface area contributed by atoms with Crippen LogP contribution >= 0.6 is 0 Å². The number of benzene rings is 2. The van der Waals surface area contributed by atoms with Crippen molar-refractivity contribution in [1.82, 2.24) is 4.90 Å². The van der Waals surface area contributed by atoms with Crippen molar-refractivity contribution in [3.05, 3.63) is 78.1 Å². The van der Waals surface area contributed by atoms with Crippen molar-refractivity contribution >= 4 is 5.97 Å². The highest BCUT2D eigenvalue weighted by Gasteiger charge is 2.28. The summed E-state index contributed by atoms with van der Waals surface area (Å²) in [5.41, 5.74) is 2.08. The molecule has 7 nitrogen and oxygen atoms in total. The second-order valence-corrected chi connectivity index (χ2v) is 10.8. The van der Waals surface area contributed by atoms with Gasteiger partial charge < -0.3 is 24.1 Å². The molecule has 1 aliphatic heterocycles. The number of hydrogen-bond acceptors (Lipinski definition) is 7. The molecule has 0 spiro atoms. The molecule has 2 aromatic rings. The zero-order valence-electron chi connectivity index (χ0n) is 24.1. The summed E-state index contributed by atoms with van der Waals surface area (Å²) >= 11 is 0. The van der Waals surface area contributed by atoms with Crippen LogP contribution in [0.3, 0.4) is 0 Å². The van der Waals surface area contributed by atoms with Gasteiger partial charge in [-0.2, -0.15) is 0 Å². The summed E-state index contributed by atoms with van der Waals surface area (Å²) in [5, 5.41) is 10.3. The van der Waals surface area contributed by atoms with E-state index in [-0.39, 0.29) is 23.6 Å². The summed E-state index contributed by atoms with van der Waals surface area (Å²) in [5.74, 6) is 1.46. The maximum absolute atomic E-state index is 11.8. The summed E-state index contributed by atoms with van der Waals surface area (Å²) in [4.78, 5) is 13.8. The Hall–Kier alpha value is -3.13. The number of hydrogen-bond donors (Lipinski definition) is 1. The summed E-state index contributed by atoms with van der Waals surface area (Å²) < 4.78 is 22.7. The fourth-order valence-electron chi connectivity index (χ4n) is 4.23. The monoisotopic (exact) mass is 537 g/mol. The van der Waals surface area contributed by atoms with Gasteiger partial charge in [-0.1, -0.05) is 37.3 Å². The number of carbonyl (C=O) groups is 1. The van der Waals surface area contributed by atoms with Gasteiger partial charge in [0, 0.05) is 19.0 Å². The van der Waals surface area contributed by atoms with E-state index in [1.165, 1.54) is 7.11 Å². The first-order valence-corrected chi connectivity index (χ1v) is 13.6. The highest BCUT2D eigenvalue weighted by molar-refractivity contribution is 5.91. The van der Waals surface area contributed by atoms with Gasteiger partial charge in [0.15, 0.2) is 0 Å². The first kappa shape index (κ1) is 30.4. The maximum Gasteiger partial charge on any atom is 0.337 e. The second kappa shape index (κ2) is 14.3.